The summed E-state index contributed by atoms with van der Waals surface area (Å²) in [6.45, 7) is 0. The molecule has 6 heteroatoms. The van der Waals surface area contributed by atoms with Gasteiger partial charge in [0.15, 0.2) is 0 Å². The van der Waals surface area contributed by atoms with E-state index in [4.69, 9.17) is 0 Å². The molecule has 8 aromatic rings. The summed E-state index contributed by atoms with van der Waals surface area (Å²) in [5, 5.41) is 11.4. The van der Waals surface area contributed by atoms with Crippen molar-refractivity contribution in [3.8, 4) is 38.1 Å². The molecule has 0 aliphatic rings. The van der Waals surface area contributed by atoms with Crippen LogP contribution in [0.1, 0.15) is 0 Å². The maximum absolute atomic E-state index is 9.25. The first-order chi connectivity index (χ1) is 21.2. The summed E-state index contributed by atoms with van der Waals surface area (Å²) in [5.74, 6) is 0.267. The molecule has 8 rings (SSSR count). The average molecular weight is 594 g/mol. The number of pyridine rings is 1. The van der Waals surface area contributed by atoms with Crippen LogP contribution >= 0.6 is 22.7 Å². The van der Waals surface area contributed by atoms with Gasteiger partial charge in [-0.3, -0.25) is 4.98 Å². The van der Waals surface area contributed by atoms with E-state index in [1.54, 1.807) is 47.1 Å². The van der Waals surface area contributed by atoms with Gasteiger partial charge in [0.2, 0.25) is 0 Å². The van der Waals surface area contributed by atoms with Crippen LogP contribution in [0.15, 0.2) is 158 Å². The summed E-state index contributed by atoms with van der Waals surface area (Å²) in [6, 6.07) is 49.8. The van der Waals surface area contributed by atoms with Crippen LogP contribution in [0.3, 0.4) is 0 Å². The number of aromatic nitrogens is 3. The molecule has 0 saturated heterocycles. The minimum atomic E-state index is 0.267. The zero-order chi connectivity index (χ0) is 29.3. The highest BCUT2D eigenvalue weighted by molar-refractivity contribution is 7.22. The van der Waals surface area contributed by atoms with Crippen molar-refractivity contribution < 1.29 is 5.11 Å². The summed E-state index contributed by atoms with van der Waals surface area (Å²) in [7, 11) is 0. The van der Waals surface area contributed by atoms with Gasteiger partial charge in [0.05, 0.1) is 26.1 Å². The van der Waals surface area contributed by atoms with Crippen LogP contribution in [0.5, 0.6) is 5.75 Å². The average Bonchev–Trinajstić information content (AvgIpc) is 3.72. The van der Waals surface area contributed by atoms with Gasteiger partial charge in [0.1, 0.15) is 15.8 Å². The van der Waals surface area contributed by atoms with Gasteiger partial charge in [-0.15, -0.1) is 22.7 Å². The second-order valence-corrected chi connectivity index (χ2v) is 11.5. The first-order valence-corrected chi connectivity index (χ1v) is 15.4. The number of para-hydroxylation sites is 2. The van der Waals surface area contributed by atoms with Crippen molar-refractivity contribution in [3.63, 3.8) is 0 Å². The lowest BCUT2D eigenvalue weighted by Gasteiger charge is -1.99. The number of thiazole rings is 2. The van der Waals surface area contributed by atoms with E-state index in [9.17, 15) is 5.11 Å². The van der Waals surface area contributed by atoms with Gasteiger partial charge in [-0.05, 0) is 48.5 Å². The molecule has 0 aliphatic carbocycles. The topological polar surface area (TPSA) is 58.9 Å². The Morgan fingerprint density at radius 1 is 0.442 bits per heavy atom. The lowest BCUT2D eigenvalue weighted by atomic mass is 10.1. The number of hydrogen-bond donors (Lipinski definition) is 1. The fourth-order valence-corrected chi connectivity index (χ4v) is 6.29. The molecule has 0 fully saturated rings. The van der Waals surface area contributed by atoms with Crippen LogP contribution in [0.2, 0.25) is 0 Å². The van der Waals surface area contributed by atoms with Gasteiger partial charge in [-0.2, -0.15) is 0 Å². The number of benzene rings is 5. The van der Waals surface area contributed by atoms with Gasteiger partial charge < -0.3 is 5.11 Å². The molecule has 208 valence electrons. The molecule has 0 aliphatic heterocycles. The molecular formula is C37H27N3OS2. The maximum atomic E-state index is 9.25. The normalized spacial score (nSPS) is 10.4. The molecule has 3 aromatic heterocycles. The molecule has 4 nitrogen and oxygen atoms in total. The fraction of sp³-hybridized carbons (Fsp3) is 0. The molecule has 0 atom stereocenters. The van der Waals surface area contributed by atoms with E-state index in [2.05, 4.69) is 75.6 Å². The fourth-order valence-electron chi connectivity index (χ4n) is 4.35. The van der Waals surface area contributed by atoms with Gasteiger partial charge in [-0.1, -0.05) is 103 Å². The van der Waals surface area contributed by atoms with Crippen molar-refractivity contribution in [2.24, 2.45) is 0 Å². The highest BCUT2D eigenvalue weighted by atomic mass is 32.1. The van der Waals surface area contributed by atoms with Gasteiger partial charge in [-0.25, -0.2) is 9.97 Å². The van der Waals surface area contributed by atoms with E-state index >= 15 is 0 Å². The van der Waals surface area contributed by atoms with Crippen LogP contribution < -0.4 is 0 Å². The lowest BCUT2D eigenvalue weighted by molar-refractivity contribution is 0.475. The third-order valence-corrected chi connectivity index (χ3v) is 8.61. The van der Waals surface area contributed by atoms with E-state index in [-0.39, 0.29) is 5.75 Å². The number of aromatic hydroxyl groups is 1. The molecule has 0 bridgehead atoms. The predicted octanol–water partition coefficient (Wildman–Crippen LogP) is 10.4. The molecule has 0 amide bonds. The van der Waals surface area contributed by atoms with Crippen molar-refractivity contribution >= 4 is 43.1 Å². The third-order valence-electron chi connectivity index (χ3n) is 6.44. The van der Waals surface area contributed by atoms with Gasteiger partial charge >= 0.3 is 0 Å². The lowest BCUT2D eigenvalue weighted by Crippen LogP contribution is -1.80. The summed E-state index contributed by atoms with van der Waals surface area (Å²) in [6.07, 6.45) is 1.74. The molecule has 43 heavy (non-hydrogen) atoms. The zero-order valence-electron chi connectivity index (χ0n) is 23.1. The molecule has 3 heterocycles. The predicted molar refractivity (Wildman–Crippen MR) is 181 cm³/mol. The third kappa shape index (κ3) is 7.19. The largest absolute Gasteiger partial charge is 0.508 e. The Morgan fingerprint density at radius 2 is 0.930 bits per heavy atom. The molecule has 0 radical (unpaired) electrons. The van der Waals surface area contributed by atoms with Crippen LogP contribution in [0.25, 0.3) is 52.8 Å². The molecule has 0 spiro atoms. The van der Waals surface area contributed by atoms with E-state index in [0.29, 0.717) is 0 Å². The molecule has 1 N–H and O–H groups in total. The van der Waals surface area contributed by atoms with Crippen molar-refractivity contribution in [2.75, 3.05) is 0 Å². The number of nitrogens with zero attached hydrogens (tertiary/aromatic N) is 3. The highest BCUT2D eigenvalue weighted by Crippen LogP contribution is 2.30. The van der Waals surface area contributed by atoms with Crippen molar-refractivity contribution in [1.82, 2.24) is 15.0 Å². The molecule has 5 aromatic carbocycles. The number of phenols is 1. The Morgan fingerprint density at radius 3 is 1.42 bits per heavy atom. The first-order valence-electron chi connectivity index (χ1n) is 13.8. The van der Waals surface area contributed by atoms with Gasteiger partial charge in [0.25, 0.3) is 0 Å². The second-order valence-electron chi connectivity index (χ2n) is 9.47. The number of hydrogen-bond acceptors (Lipinski definition) is 6. The summed E-state index contributed by atoms with van der Waals surface area (Å²) < 4.78 is 2.49. The Bertz CT molecular complexity index is 1860. The van der Waals surface area contributed by atoms with Gasteiger partial charge in [0, 0.05) is 22.9 Å². The number of fused-ring (bicyclic) bond motifs is 2. The molecule has 0 unspecified atom stereocenters. The Kier molecular flexibility index (Phi) is 8.89. The Labute approximate surface area is 258 Å². The van der Waals surface area contributed by atoms with Crippen LogP contribution in [0, 0.1) is 0 Å². The minimum absolute atomic E-state index is 0.267. The Balaban J connectivity index is 0.000000115. The number of phenolic OH excluding ortho intramolecular Hbond substituents is 1. The van der Waals surface area contributed by atoms with Crippen LogP contribution in [-0.4, -0.2) is 20.1 Å². The zero-order valence-corrected chi connectivity index (χ0v) is 24.7. The Hall–Kier alpha value is -5.17. The summed E-state index contributed by atoms with van der Waals surface area (Å²) >= 11 is 3.48. The van der Waals surface area contributed by atoms with Crippen molar-refractivity contribution in [2.45, 2.75) is 0 Å². The molecule has 0 saturated carbocycles. The highest BCUT2D eigenvalue weighted by Gasteiger charge is 2.05. The second kappa shape index (κ2) is 13.7. The van der Waals surface area contributed by atoms with E-state index < -0.39 is 0 Å². The SMILES string of the molecule is Oc1cccc(-c2ccccn2)c1.c1ccc(-c2nc3ccccc3s2)cc1.c1ccc(-c2nc3ccccc3s2)cc1. The van der Waals surface area contributed by atoms with E-state index in [0.717, 1.165) is 32.3 Å². The first kappa shape index (κ1) is 28.0. The minimum Gasteiger partial charge on any atom is -0.508 e. The monoisotopic (exact) mass is 593 g/mol. The summed E-state index contributed by atoms with van der Waals surface area (Å²) in [5.41, 5.74) is 6.36. The summed E-state index contributed by atoms with van der Waals surface area (Å²) in [4.78, 5) is 13.4. The van der Waals surface area contributed by atoms with Crippen LogP contribution in [-0.2, 0) is 0 Å². The number of rotatable bonds is 3. The quantitative estimate of drug-likeness (QED) is 0.221. The van der Waals surface area contributed by atoms with Crippen molar-refractivity contribution in [3.05, 3.63) is 158 Å². The molecular weight excluding hydrogens is 567 g/mol. The van der Waals surface area contributed by atoms with E-state index in [1.807, 2.05) is 72.8 Å². The van der Waals surface area contributed by atoms with E-state index in [1.165, 1.54) is 20.5 Å². The smallest absolute Gasteiger partial charge is 0.124 e. The van der Waals surface area contributed by atoms with Crippen molar-refractivity contribution in [1.29, 1.82) is 0 Å². The standard InChI is InChI=1S/2C13H9NS.C11H9NO/c2*1-2-6-10(7-3-1)13-14-11-8-4-5-9-12(11)15-13;13-10-5-3-4-9(8-10)11-6-1-2-7-12-11/h2*1-9H;1-8,13H. The van der Waals surface area contributed by atoms with Crippen LogP contribution in [0.4, 0.5) is 0 Å². The maximum Gasteiger partial charge on any atom is 0.124 e.